The first kappa shape index (κ1) is 26.5. The first-order valence-electron chi connectivity index (χ1n) is 12.0. The van der Waals surface area contributed by atoms with Crippen LogP contribution in [0.15, 0.2) is 65.6 Å². The van der Waals surface area contributed by atoms with E-state index in [4.69, 9.17) is 0 Å². The number of hydrogen-bond acceptors (Lipinski definition) is 3. The van der Waals surface area contributed by atoms with Gasteiger partial charge in [0, 0.05) is 60.2 Å². The zero-order valence-electron chi connectivity index (χ0n) is 22.4. The number of nitrogens with zero attached hydrogens (tertiary/aromatic N) is 3. The number of nitro groups is 1. The van der Waals surface area contributed by atoms with Crippen LogP contribution in [0, 0.1) is 10.1 Å². The molecule has 0 saturated heterocycles. The number of benzene rings is 3. The normalized spacial score (nSPS) is 15.1. The molecule has 6 heteroatoms. The average Bonchev–Trinajstić information content (AvgIpc) is 3.03. The van der Waals surface area contributed by atoms with Gasteiger partial charge in [-0.15, -0.1) is 0 Å². The van der Waals surface area contributed by atoms with Crippen LogP contribution in [0.4, 0.5) is 11.4 Å². The lowest BCUT2D eigenvalue weighted by Crippen LogP contribution is -2.26. The third-order valence-corrected chi connectivity index (χ3v) is 8.90. The highest BCUT2D eigenvalue weighted by atomic mass is 32.3. The van der Waals surface area contributed by atoms with E-state index in [0.717, 1.165) is 21.2 Å². The molecule has 0 amide bonds. The lowest BCUT2D eigenvalue weighted by atomic mass is 9.79. The van der Waals surface area contributed by atoms with Crippen LogP contribution < -0.4 is 4.90 Å². The highest BCUT2D eigenvalue weighted by Gasteiger charge is 2.44. The van der Waals surface area contributed by atoms with Crippen LogP contribution in [-0.4, -0.2) is 48.3 Å². The van der Waals surface area contributed by atoms with Gasteiger partial charge in [0.05, 0.1) is 14.6 Å². The molecule has 0 aliphatic carbocycles. The second kappa shape index (κ2) is 9.86. The molecular formula is C29H38N3O2S+. The zero-order chi connectivity index (χ0) is 26.1. The van der Waals surface area contributed by atoms with E-state index in [1.54, 1.807) is 12.5 Å². The fourth-order valence-electron chi connectivity index (χ4n) is 4.69. The lowest BCUT2D eigenvalue weighted by molar-refractivity contribution is -0.401. The monoisotopic (exact) mass is 492 g/mol. The largest absolute Gasteiger partial charge is 0.378 e. The Morgan fingerprint density at radius 1 is 0.971 bits per heavy atom. The number of fused-ring (bicyclic) bond motifs is 3. The fraction of sp³-hybridized carbons (Fsp3) is 0.345. The first-order chi connectivity index (χ1) is 16.4. The molecule has 3 aromatic carbocycles. The molecule has 0 saturated carbocycles. The van der Waals surface area contributed by atoms with Crippen molar-refractivity contribution >= 4 is 44.1 Å². The van der Waals surface area contributed by atoms with E-state index >= 15 is 0 Å². The molecule has 0 N–H and O–H groups in total. The van der Waals surface area contributed by atoms with Gasteiger partial charge >= 0.3 is 0 Å². The van der Waals surface area contributed by atoms with Gasteiger partial charge in [-0.2, -0.15) is 4.58 Å². The second-order valence-electron chi connectivity index (χ2n) is 9.73. The van der Waals surface area contributed by atoms with E-state index in [2.05, 4.69) is 85.0 Å². The van der Waals surface area contributed by atoms with Crippen molar-refractivity contribution in [3.05, 3.63) is 81.9 Å². The third kappa shape index (κ3) is 4.72. The molecule has 1 heterocycles. The predicted molar refractivity (Wildman–Crippen MR) is 154 cm³/mol. The van der Waals surface area contributed by atoms with Gasteiger partial charge in [-0.3, -0.25) is 10.1 Å². The highest BCUT2D eigenvalue weighted by molar-refractivity contribution is 8.27. The number of allylic oxidation sites excluding steroid dienone is 1. The molecule has 0 spiro atoms. The standard InChI is InChI=1S/C27H32N3O2S.C2H6/c1-27(2)25(17-10-19-8-12-21(13-9-19)28(3)4)29(5)24-16-11-20-18-22(33(6,7)30(31)32)14-15-23(20)26(24)27;1-2/h8-18H,1-7H3;1-2H3/q+1;. The zero-order valence-corrected chi connectivity index (χ0v) is 23.2. The first-order valence-corrected chi connectivity index (χ1v) is 14.4. The van der Waals surface area contributed by atoms with Crippen molar-refractivity contribution in [2.24, 2.45) is 0 Å². The lowest BCUT2D eigenvalue weighted by Gasteiger charge is -2.22. The topological polar surface area (TPSA) is 49.4 Å². The van der Waals surface area contributed by atoms with E-state index in [1.165, 1.54) is 22.6 Å². The molecular weight excluding hydrogens is 454 g/mol. The summed E-state index contributed by atoms with van der Waals surface area (Å²) in [6, 6.07) is 18.8. The van der Waals surface area contributed by atoms with Crippen LogP contribution in [-0.2, 0) is 5.41 Å². The van der Waals surface area contributed by atoms with Gasteiger partial charge < -0.3 is 4.90 Å². The maximum absolute atomic E-state index is 11.6. The Morgan fingerprint density at radius 3 is 2.17 bits per heavy atom. The Labute approximate surface area is 211 Å². The second-order valence-corrected chi connectivity index (χ2v) is 13.0. The molecule has 0 bridgehead atoms. The van der Waals surface area contributed by atoms with Gasteiger partial charge in [0.15, 0.2) is 5.71 Å². The molecule has 1 aliphatic heterocycles. The molecule has 0 radical (unpaired) electrons. The summed E-state index contributed by atoms with van der Waals surface area (Å²) in [5.74, 6) is 0. The summed E-state index contributed by atoms with van der Waals surface area (Å²) in [7, 11) is 4.11. The summed E-state index contributed by atoms with van der Waals surface area (Å²) >= 11 is 0. The Morgan fingerprint density at radius 2 is 1.60 bits per heavy atom. The van der Waals surface area contributed by atoms with Gasteiger partial charge in [0.1, 0.15) is 7.05 Å². The molecule has 0 unspecified atom stereocenters. The molecule has 4 rings (SSSR count). The summed E-state index contributed by atoms with van der Waals surface area (Å²) in [5.41, 5.74) is 5.82. The molecule has 186 valence electrons. The van der Waals surface area contributed by atoms with Gasteiger partial charge in [-0.05, 0) is 66.6 Å². The van der Waals surface area contributed by atoms with Crippen molar-refractivity contribution in [2.45, 2.75) is 38.0 Å². The van der Waals surface area contributed by atoms with Crippen LogP contribution >= 0.6 is 10.2 Å². The third-order valence-electron chi connectivity index (χ3n) is 6.75. The summed E-state index contributed by atoms with van der Waals surface area (Å²) in [6.07, 6.45) is 7.86. The van der Waals surface area contributed by atoms with E-state index in [9.17, 15) is 10.1 Å². The molecule has 0 atom stereocenters. The SMILES string of the molecule is CC.CN(C)c1ccc(C=CC2=[N+](C)c3ccc4cc(S(C)(C)[N+](=O)[O-])ccc4c3C2(C)C)cc1. The Balaban J connectivity index is 0.00000167. The van der Waals surface area contributed by atoms with E-state index < -0.39 is 10.2 Å². The van der Waals surface area contributed by atoms with Crippen LogP contribution in [0.2, 0.25) is 0 Å². The highest BCUT2D eigenvalue weighted by Crippen LogP contribution is 2.51. The predicted octanol–water partition coefficient (Wildman–Crippen LogP) is 7.27. The molecule has 0 aromatic heterocycles. The van der Waals surface area contributed by atoms with Crippen molar-refractivity contribution in [1.29, 1.82) is 0 Å². The smallest absolute Gasteiger partial charge is 0.210 e. The molecule has 3 aromatic rings. The number of rotatable bonds is 5. The number of hydrogen-bond donors (Lipinski definition) is 0. The van der Waals surface area contributed by atoms with Gasteiger partial charge in [0.2, 0.25) is 5.69 Å². The van der Waals surface area contributed by atoms with Gasteiger partial charge in [0.25, 0.3) is 0 Å². The summed E-state index contributed by atoms with van der Waals surface area (Å²) in [4.78, 5) is 14.5. The molecule has 1 aliphatic rings. The maximum Gasteiger partial charge on any atom is 0.210 e. The quantitative estimate of drug-likeness (QED) is 0.214. The Hall–Kier alpha value is -3.12. The summed E-state index contributed by atoms with van der Waals surface area (Å²) < 4.78 is 2.13. The van der Waals surface area contributed by atoms with Crippen LogP contribution in [0.25, 0.3) is 16.8 Å². The van der Waals surface area contributed by atoms with Crippen molar-refractivity contribution in [1.82, 2.24) is 0 Å². The minimum Gasteiger partial charge on any atom is -0.378 e. The van der Waals surface area contributed by atoms with Crippen LogP contribution in [0.1, 0.15) is 38.8 Å². The van der Waals surface area contributed by atoms with Crippen molar-refractivity contribution in [3.8, 4) is 0 Å². The van der Waals surface area contributed by atoms with E-state index in [0.29, 0.717) is 0 Å². The van der Waals surface area contributed by atoms with Crippen LogP contribution in [0.3, 0.4) is 0 Å². The van der Waals surface area contributed by atoms with Crippen LogP contribution in [0.5, 0.6) is 0 Å². The number of anilines is 1. The molecule has 0 fully saturated rings. The summed E-state index contributed by atoms with van der Waals surface area (Å²) in [5, 5.41) is 13.8. The van der Waals surface area contributed by atoms with Crippen molar-refractivity contribution in [2.75, 3.05) is 38.6 Å². The molecule has 35 heavy (non-hydrogen) atoms. The molecule has 5 nitrogen and oxygen atoms in total. The minimum atomic E-state index is -2.09. The fourth-order valence-corrected chi connectivity index (χ4v) is 5.67. The maximum atomic E-state index is 11.6. The van der Waals surface area contributed by atoms with Gasteiger partial charge in [-0.1, -0.05) is 32.0 Å². The van der Waals surface area contributed by atoms with Crippen molar-refractivity contribution < 1.29 is 8.90 Å². The Bertz CT molecular complexity index is 1320. The summed E-state index contributed by atoms with van der Waals surface area (Å²) in [6.45, 7) is 8.51. The Kier molecular flexibility index (Phi) is 7.46. The average molecular weight is 493 g/mol. The van der Waals surface area contributed by atoms with E-state index in [1.807, 2.05) is 40.1 Å². The van der Waals surface area contributed by atoms with Crippen molar-refractivity contribution in [3.63, 3.8) is 0 Å². The van der Waals surface area contributed by atoms with E-state index in [-0.39, 0.29) is 9.74 Å². The van der Waals surface area contributed by atoms with Gasteiger partial charge in [-0.25, -0.2) is 0 Å². The minimum absolute atomic E-state index is 0.138.